The molecule has 1 aliphatic rings. The Kier molecular flexibility index (Phi) is 5.18. The van der Waals surface area contributed by atoms with Gasteiger partial charge in [0, 0.05) is 9.49 Å². The summed E-state index contributed by atoms with van der Waals surface area (Å²) in [5, 5.41) is 18.1. The van der Waals surface area contributed by atoms with Crippen LogP contribution in [0, 0.1) is 0 Å². The third kappa shape index (κ3) is 3.55. The van der Waals surface area contributed by atoms with Gasteiger partial charge in [-0.2, -0.15) is 0 Å². The smallest absolute Gasteiger partial charge is 0.326 e. The average Bonchev–Trinajstić information content (AvgIpc) is 2.31. The zero-order valence-electron chi connectivity index (χ0n) is 13.5. The van der Waals surface area contributed by atoms with Crippen LogP contribution in [-0.2, 0) is 14.4 Å². The first-order valence-electron chi connectivity index (χ1n) is 7.04. The highest BCUT2D eigenvalue weighted by atomic mass is 32.2. The summed E-state index contributed by atoms with van der Waals surface area (Å²) in [5.41, 5.74) is 5.68. The van der Waals surface area contributed by atoms with Crippen molar-refractivity contribution >= 4 is 29.6 Å². The van der Waals surface area contributed by atoms with Crippen molar-refractivity contribution in [1.29, 1.82) is 0 Å². The largest absolute Gasteiger partial charge is 0.481 e. The second-order valence-corrected chi connectivity index (χ2v) is 8.98. The predicted molar refractivity (Wildman–Crippen MR) is 83.7 cm³/mol. The van der Waals surface area contributed by atoms with Gasteiger partial charge < -0.3 is 20.8 Å². The summed E-state index contributed by atoms with van der Waals surface area (Å²) in [6.07, 6.45) is -0.525. The molecule has 8 heteroatoms. The predicted octanol–water partition coefficient (Wildman–Crippen LogP) is 0.763. The van der Waals surface area contributed by atoms with E-state index in [-0.39, 0.29) is 15.5 Å². The van der Waals surface area contributed by atoms with Gasteiger partial charge in [-0.1, -0.05) is 0 Å². The van der Waals surface area contributed by atoms with Crippen LogP contribution in [0.5, 0.6) is 0 Å². The maximum absolute atomic E-state index is 12.6. The fourth-order valence-corrected chi connectivity index (χ4v) is 5.58. The topological polar surface area (TPSA) is 121 Å². The van der Waals surface area contributed by atoms with Crippen molar-refractivity contribution < 1.29 is 24.6 Å². The minimum absolute atomic E-state index is 0.328. The summed E-state index contributed by atoms with van der Waals surface area (Å²) < 4.78 is -0.655. The summed E-state index contributed by atoms with van der Waals surface area (Å²) in [5.74, 6) is -2.96. The summed E-state index contributed by atoms with van der Waals surface area (Å²) >= 11 is 1.65. The fourth-order valence-electron chi connectivity index (χ4n) is 3.37. The number of amides is 1. The van der Waals surface area contributed by atoms with Gasteiger partial charge in [-0.05, 0) is 34.6 Å². The lowest BCUT2D eigenvalue weighted by molar-refractivity contribution is -0.155. The number of hydrogen-bond donors (Lipinski definition) is 3. The fraction of sp³-hybridized carbons (Fsp3) is 0.786. The van der Waals surface area contributed by atoms with Crippen molar-refractivity contribution in [2.45, 2.75) is 68.7 Å². The number of nitrogens with zero attached hydrogens (tertiary/aromatic N) is 1. The molecule has 7 nitrogen and oxygen atoms in total. The van der Waals surface area contributed by atoms with Crippen LogP contribution >= 0.6 is 11.8 Å². The second kappa shape index (κ2) is 6.08. The first-order chi connectivity index (χ1) is 9.81. The van der Waals surface area contributed by atoms with Crippen LogP contribution in [0.3, 0.4) is 0 Å². The number of aliphatic carboxylic acids is 2. The van der Waals surface area contributed by atoms with E-state index in [4.69, 9.17) is 10.8 Å². The van der Waals surface area contributed by atoms with Gasteiger partial charge in [-0.25, -0.2) is 4.79 Å². The molecule has 1 saturated heterocycles. The zero-order chi connectivity index (χ0) is 17.5. The molecule has 1 heterocycles. The van der Waals surface area contributed by atoms with Crippen LogP contribution in [0.2, 0.25) is 0 Å². The standard InChI is InChI=1S/C14H24N2O5S/c1-7(11(20)21)16(10(19)8(15)6-9(17)18)12-13(2,3)22-14(12,4)5/h7-8,12H,6,15H2,1-5H3,(H,17,18)(H,20,21)/t7-,8+/m1/s1. The Morgan fingerprint density at radius 2 is 1.64 bits per heavy atom. The van der Waals surface area contributed by atoms with Crippen molar-refractivity contribution in [3.05, 3.63) is 0 Å². The summed E-state index contributed by atoms with van der Waals surface area (Å²) in [6.45, 7) is 9.16. The molecule has 0 bridgehead atoms. The van der Waals surface area contributed by atoms with Crippen molar-refractivity contribution in [2.75, 3.05) is 0 Å². The van der Waals surface area contributed by atoms with Gasteiger partial charge in [0.15, 0.2) is 0 Å². The Balaban J connectivity index is 3.17. The molecule has 0 unspecified atom stereocenters. The molecule has 1 fully saturated rings. The van der Waals surface area contributed by atoms with Gasteiger partial charge in [0.1, 0.15) is 6.04 Å². The molecule has 1 amide bonds. The lowest BCUT2D eigenvalue weighted by Gasteiger charge is -2.61. The summed E-state index contributed by atoms with van der Waals surface area (Å²) in [4.78, 5) is 36.0. The summed E-state index contributed by atoms with van der Waals surface area (Å²) in [7, 11) is 0. The van der Waals surface area contributed by atoms with Crippen molar-refractivity contribution in [3.8, 4) is 0 Å². The molecular weight excluding hydrogens is 308 g/mol. The van der Waals surface area contributed by atoms with Crippen LogP contribution in [0.1, 0.15) is 41.0 Å². The minimum atomic E-state index is -1.25. The lowest BCUT2D eigenvalue weighted by Crippen LogP contribution is -2.72. The summed E-state index contributed by atoms with van der Waals surface area (Å²) in [6, 6.07) is -2.67. The van der Waals surface area contributed by atoms with Crippen LogP contribution < -0.4 is 5.73 Å². The van der Waals surface area contributed by atoms with Gasteiger partial charge in [-0.15, -0.1) is 11.8 Å². The Hall–Kier alpha value is -1.28. The first-order valence-corrected chi connectivity index (χ1v) is 7.85. The Morgan fingerprint density at radius 1 is 1.18 bits per heavy atom. The highest BCUT2D eigenvalue weighted by Gasteiger charge is 2.59. The molecule has 0 aromatic carbocycles. The molecule has 1 rings (SSSR count). The second-order valence-electron chi connectivity index (χ2n) is 6.68. The first kappa shape index (κ1) is 18.8. The third-order valence-corrected chi connectivity index (χ3v) is 5.36. The molecule has 0 aromatic rings. The normalized spacial score (nSPS) is 22.3. The lowest BCUT2D eigenvalue weighted by atomic mass is 9.86. The Morgan fingerprint density at radius 3 is 1.95 bits per heavy atom. The number of carbonyl (C=O) groups is 3. The molecule has 0 saturated carbocycles. The monoisotopic (exact) mass is 332 g/mol. The number of nitrogens with two attached hydrogens (primary N) is 1. The Bertz CT molecular complexity index is 478. The van der Waals surface area contributed by atoms with Gasteiger partial charge >= 0.3 is 11.9 Å². The molecule has 0 aromatic heterocycles. The molecule has 126 valence electrons. The van der Waals surface area contributed by atoms with Crippen LogP contribution in [0.15, 0.2) is 0 Å². The molecule has 0 spiro atoms. The van der Waals surface area contributed by atoms with Crippen LogP contribution in [0.25, 0.3) is 0 Å². The van der Waals surface area contributed by atoms with E-state index in [0.29, 0.717) is 0 Å². The van der Waals surface area contributed by atoms with Gasteiger partial charge in [0.05, 0.1) is 18.5 Å². The number of carbonyl (C=O) groups excluding carboxylic acids is 1. The minimum Gasteiger partial charge on any atom is -0.481 e. The molecular formula is C14H24N2O5S. The van der Waals surface area contributed by atoms with Crippen LogP contribution in [-0.4, -0.2) is 60.6 Å². The average molecular weight is 332 g/mol. The molecule has 0 aliphatic carbocycles. The van der Waals surface area contributed by atoms with Gasteiger partial charge in [0.25, 0.3) is 0 Å². The van der Waals surface area contributed by atoms with E-state index in [2.05, 4.69) is 0 Å². The molecule has 0 radical (unpaired) electrons. The van der Waals surface area contributed by atoms with Crippen molar-refractivity contribution in [2.24, 2.45) is 5.73 Å². The number of rotatable bonds is 6. The van der Waals surface area contributed by atoms with Crippen LogP contribution in [0.4, 0.5) is 0 Å². The highest BCUT2D eigenvalue weighted by molar-refractivity contribution is 8.03. The van der Waals surface area contributed by atoms with Gasteiger partial charge in [0.2, 0.25) is 5.91 Å². The molecule has 22 heavy (non-hydrogen) atoms. The number of hydrogen-bond acceptors (Lipinski definition) is 5. The van der Waals surface area contributed by atoms with E-state index in [9.17, 15) is 19.5 Å². The van der Waals surface area contributed by atoms with Crippen molar-refractivity contribution in [1.82, 2.24) is 4.90 Å². The maximum atomic E-state index is 12.6. The number of thioether (sulfide) groups is 1. The quantitative estimate of drug-likeness (QED) is 0.656. The van der Waals surface area contributed by atoms with E-state index in [1.54, 1.807) is 11.8 Å². The Labute approximate surface area is 134 Å². The highest BCUT2D eigenvalue weighted by Crippen LogP contribution is 2.57. The van der Waals surface area contributed by atoms with E-state index in [1.807, 2.05) is 27.7 Å². The number of carboxylic acids is 2. The SMILES string of the molecule is C[C@H](C(=O)O)N(C(=O)[C@@H](N)CC(=O)O)C1C(C)(C)SC1(C)C. The van der Waals surface area contributed by atoms with E-state index in [0.717, 1.165) is 0 Å². The molecule has 4 N–H and O–H groups in total. The third-order valence-electron chi connectivity index (χ3n) is 3.86. The van der Waals surface area contributed by atoms with E-state index >= 15 is 0 Å². The van der Waals surface area contributed by atoms with Gasteiger partial charge in [-0.3, -0.25) is 9.59 Å². The maximum Gasteiger partial charge on any atom is 0.326 e. The van der Waals surface area contributed by atoms with E-state index in [1.165, 1.54) is 11.8 Å². The number of carboxylic acid groups (broad SMARTS) is 2. The van der Waals surface area contributed by atoms with Crippen molar-refractivity contribution in [3.63, 3.8) is 0 Å². The zero-order valence-corrected chi connectivity index (χ0v) is 14.3. The van der Waals surface area contributed by atoms with E-state index < -0.39 is 36.4 Å². The molecule has 2 atom stereocenters. The molecule has 1 aliphatic heterocycles.